The summed E-state index contributed by atoms with van der Waals surface area (Å²) in [6, 6.07) is 11.3. The van der Waals surface area contributed by atoms with Crippen molar-refractivity contribution in [2.75, 3.05) is 5.73 Å². The lowest BCUT2D eigenvalue weighted by atomic mass is 10.2. The highest BCUT2D eigenvalue weighted by molar-refractivity contribution is 7.91. The number of nitrogen functional groups attached to an aromatic ring is 1. The molecule has 2 aromatic carbocycles. The molecule has 0 unspecified atom stereocenters. The summed E-state index contributed by atoms with van der Waals surface area (Å²) in [5, 5.41) is 0.613. The maximum absolute atomic E-state index is 12.3. The van der Waals surface area contributed by atoms with E-state index >= 15 is 0 Å². The highest BCUT2D eigenvalue weighted by atomic mass is 35.5. The summed E-state index contributed by atoms with van der Waals surface area (Å²) < 4.78 is 24.7. The second kappa shape index (κ2) is 5.41. The molecule has 0 bridgehead atoms. The number of sulfone groups is 1. The predicted molar refractivity (Wildman–Crippen MR) is 78.2 cm³/mol. The molecule has 0 aliphatic carbocycles. The molecule has 0 aliphatic rings. The van der Waals surface area contributed by atoms with Gasteiger partial charge in [0.25, 0.3) is 0 Å². The van der Waals surface area contributed by atoms with Gasteiger partial charge in [-0.3, -0.25) is 0 Å². The number of anilines is 1. The zero-order chi connectivity index (χ0) is 14.0. The molecule has 0 heterocycles. The minimum Gasteiger partial charge on any atom is -0.398 e. The van der Waals surface area contributed by atoms with E-state index in [1.54, 1.807) is 30.3 Å². The Bertz CT molecular complexity index is 694. The number of halogens is 2. The lowest BCUT2D eigenvalue weighted by Crippen LogP contribution is -2.08. The van der Waals surface area contributed by atoms with Gasteiger partial charge >= 0.3 is 0 Å². The summed E-state index contributed by atoms with van der Waals surface area (Å²) >= 11 is 11.8. The number of rotatable bonds is 3. The first-order valence-corrected chi connectivity index (χ1v) is 7.82. The molecule has 100 valence electrons. The quantitative estimate of drug-likeness (QED) is 0.881. The lowest BCUT2D eigenvalue weighted by Gasteiger charge is -2.09. The van der Waals surface area contributed by atoms with Crippen LogP contribution in [0.4, 0.5) is 5.69 Å². The predicted octanol–water partition coefficient (Wildman–Crippen LogP) is 3.55. The van der Waals surface area contributed by atoms with E-state index in [0.29, 0.717) is 10.6 Å². The minimum absolute atomic E-state index is 0.0309. The van der Waals surface area contributed by atoms with Gasteiger partial charge in [0.15, 0.2) is 9.84 Å². The van der Waals surface area contributed by atoms with E-state index in [2.05, 4.69) is 0 Å². The van der Waals surface area contributed by atoms with E-state index in [1.807, 2.05) is 0 Å². The van der Waals surface area contributed by atoms with Crippen LogP contribution in [0.25, 0.3) is 0 Å². The summed E-state index contributed by atoms with van der Waals surface area (Å²) in [7, 11) is -3.61. The summed E-state index contributed by atoms with van der Waals surface area (Å²) in [5.74, 6) is -0.193. The van der Waals surface area contributed by atoms with Gasteiger partial charge in [0.05, 0.1) is 16.5 Å². The van der Waals surface area contributed by atoms with E-state index in [-0.39, 0.29) is 21.4 Å². The van der Waals surface area contributed by atoms with Crippen LogP contribution in [0.2, 0.25) is 10.0 Å². The lowest BCUT2D eigenvalue weighted by molar-refractivity contribution is 0.596. The first-order chi connectivity index (χ1) is 8.90. The summed E-state index contributed by atoms with van der Waals surface area (Å²) in [6.07, 6.45) is 0. The molecule has 0 saturated carbocycles. The van der Waals surface area contributed by atoms with Crippen molar-refractivity contribution in [2.24, 2.45) is 0 Å². The maximum atomic E-state index is 12.3. The monoisotopic (exact) mass is 315 g/mol. The Kier molecular flexibility index (Phi) is 4.04. The highest BCUT2D eigenvalue weighted by Gasteiger charge is 2.21. The SMILES string of the molecule is Nc1cccc(Cl)c1S(=O)(=O)Cc1cccc(Cl)c1. The van der Waals surface area contributed by atoms with Gasteiger partial charge in [-0.05, 0) is 29.8 Å². The molecule has 6 heteroatoms. The number of nitrogens with two attached hydrogens (primary N) is 1. The average molecular weight is 316 g/mol. The normalized spacial score (nSPS) is 11.5. The van der Waals surface area contributed by atoms with Crippen molar-refractivity contribution in [1.29, 1.82) is 0 Å². The van der Waals surface area contributed by atoms with Crippen LogP contribution in [0.1, 0.15) is 5.56 Å². The van der Waals surface area contributed by atoms with Crippen molar-refractivity contribution in [3.63, 3.8) is 0 Å². The fraction of sp³-hybridized carbons (Fsp3) is 0.0769. The van der Waals surface area contributed by atoms with Crippen molar-refractivity contribution >= 4 is 38.7 Å². The van der Waals surface area contributed by atoms with Crippen molar-refractivity contribution in [2.45, 2.75) is 10.6 Å². The van der Waals surface area contributed by atoms with E-state index in [4.69, 9.17) is 28.9 Å². The Labute approximate surface area is 121 Å². The van der Waals surface area contributed by atoms with E-state index in [0.717, 1.165) is 0 Å². The molecule has 2 N–H and O–H groups in total. The Morgan fingerprint density at radius 1 is 1.05 bits per heavy atom. The van der Waals surface area contributed by atoms with Gasteiger partial charge in [0.1, 0.15) is 4.90 Å². The Balaban J connectivity index is 2.44. The fourth-order valence-electron chi connectivity index (χ4n) is 1.77. The maximum Gasteiger partial charge on any atom is 0.186 e. The van der Waals surface area contributed by atoms with E-state index in [9.17, 15) is 8.42 Å². The molecule has 2 aromatic rings. The third kappa shape index (κ3) is 3.21. The van der Waals surface area contributed by atoms with Crippen LogP contribution < -0.4 is 5.73 Å². The van der Waals surface area contributed by atoms with Gasteiger partial charge in [-0.2, -0.15) is 0 Å². The van der Waals surface area contributed by atoms with E-state index in [1.165, 1.54) is 12.1 Å². The molecule has 0 aliphatic heterocycles. The van der Waals surface area contributed by atoms with E-state index < -0.39 is 9.84 Å². The standard InChI is InChI=1S/C13H11Cl2NO2S/c14-10-4-1-3-9(7-10)8-19(17,18)13-11(15)5-2-6-12(13)16/h1-7H,8,16H2. The van der Waals surface area contributed by atoms with Crippen LogP contribution in [0.3, 0.4) is 0 Å². The van der Waals surface area contributed by atoms with Gasteiger partial charge < -0.3 is 5.73 Å². The Morgan fingerprint density at radius 2 is 1.74 bits per heavy atom. The van der Waals surface area contributed by atoms with Crippen LogP contribution in [0.5, 0.6) is 0 Å². The molecule has 19 heavy (non-hydrogen) atoms. The van der Waals surface area contributed by atoms with Crippen molar-refractivity contribution in [3.8, 4) is 0 Å². The molecule has 0 saturated heterocycles. The molecule has 2 rings (SSSR count). The zero-order valence-corrected chi connectivity index (χ0v) is 12.1. The van der Waals surface area contributed by atoms with Gasteiger partial charge in [0.2, 0.25) is 0 Å². The minimum atomic E-state index is -3.61. The van der Waals surface area contributed by atoms with Crippen LogP contribution in [0.15, 0.2) is 47.4 Å². The third-order valence-corrected chi connectivity index (χ3v) is 5.01. The first kappa shape index (κ1) is 14.2. The molecule has 0 amide bonds. The molecule has 3 nitrogen and oxygen atoms in total. The van der Waals surface area contributed by atoms with Gasteiger partial charge in [-0.1, -0.05) is 41.4 Å². The molecular formula is C13H11Cl2NO2S. The first-order valence-electron chi connectivity index (χ1n) is 5.41. The zero-order valence-electron chi connectivity index (χ0n) is 9.81. The van der Waals surface area contributed by atoms with Crippen LogP contribution in [-0.4, -0.2) is 8.42 Å². The fourth-order valence-corrected chi connectivity index (χ4v) is 4.07. The average Bonchev–Trinajstić information content (AvgIpc) is 2.27. The largest absolute Gasteiger partial charge is 0.398 e. The Hall–Kier alpha value is -1.23. The summed E-state index contributed by atoms with van der Waals surface area (Å²) in [6.45, 7) is 0. The van der Waals surface area contributed by atoms with Crippen molar-refractivity contribution in [1.82, 2.24) is 0 Å². The van der Waals surface area contributed by atoms with Gasteiger partial charge in [-0.25, -0.2) is 8.42 Å². The number of hydrogen-bond acceptors (Lipinski definition) is 3. The summed E-state index contributed by atoms with van der Waals surface area (Å²) in [4.78, 5) is -0.0309. The summed E-state index contributed by atoms with van der Waals surface area (Å²) in [5.41, 5.74) is 6.44. The smallest absolute Gasteiger partial charge is 0.186 e. The molecule has 0 aromatic heterocycles. The second-order valence-corrected chi connectivity index (χ2v) is 6.82. The molecule has 0 atom stereocenters. The van der Waals surface area contributed by atoms with Gasteiger partial charge in [-0.15, -0.1) is 0 Å². The number of benzene rings is 2. The highest BCUT2D eigenvalue weighted by Crippen LogP contribution is 2.30. The van der Waals surface area contributed by atoms with Crippen molar-refractivity contribution < 1.29 is 8.42 Å². The molecule has 0 spiro atoms. The van der Waals surface area contributed by atoms with Crippen LogP contribution in [0, 0.1) is 0 Å². The molecule has 0 radical (unpaired) electrons. The second-order valence-electron chi connectivity index (χ2n) is 4.05. The topological polar surface area (TPSA) is 60.2 Å². The van der Waals surface area contributed by atoms with Crippen LogP contribution >= 0.6 is 23.2 Å². The van der Waals surface area contributed by atoms with Gasteiger partial charge in [0, 0.05) is 5.02 Å². The van der Waals surface area contributed by atoms with Crippen LogP contribution in [-0.2, 0) is 15.6 Å². The Morgan fingerprint density at radius 3 is 2.37 bits per heavy atom. The van der Waals surface area contributed by atoms with Crippen molar-refractivity contribution in [3.05, 3.63) is 58.1 Å². The molecular weight excluding hydrogens is 305 g/mol. The third-order valence-electron chi connectivity index (χ3n) is 2.55. The molecule has 0 fully saturated rings. The number of hydrogen-bond donors (Lipinski definition) is 1.